The van der Waals surface area contributed by atoms with Gasteiger partial charge in [-0.15, -0.1) is 11.3 Å². The maximum atomic E-state index is 12.7. The van der Waals surface area contributed by atoms with Gasteiger partial charge in [0.2, 0.25) is 0 Å². The molecule has 1 atom stereocenters. The average Bonchev–Trinajstić information content (AvgIpc) is 2.94. The molecule has 1 aromatic heterocycles. The molecular formula is C19H19Cl2NO3S. The van der Waals surface area contributed by atoms with E-state index < -0.39 is 11.9 Å². The van der Waals surface area contributed by atoms with Crippen LogP contribution in [0.4, 0.5) is 5.00 Å². The van der Waals surface area contributed by atoms with Gasteiger partial charge in [0.1, 0.15) is 5.00 Å². The Hall–Kier alpha value is -1.56. The standard InChI is InChI=1S/C19H19Cl2NO3S/c1-3-25-19(24)16-13-8-10(2)4-7-15(13)26-18(16)22-17(23)12-9-11(20)5-6-14(12)21/h5-6,9-10H,3-4,7-8H2,1-2H3,(H,22,23). The second-order valence-corrected chi connectivity index (χ2v) is 8.30. The molecule has 0 spiro atoms. The summed E-state index contributed by atoms with van der Waals surface area (Å²) in [7, 11) is 0. The number of halogens is 2. The first-order valence-electron chi connectivity index (χ1n) is 8.48. The van der Waals surface area contributed by atoms with Gasteiger partial charge in [-0.3, -0.25) is 4.79 Å². The summed E-state index contributed by atoms with van der Waals surface area (Å²) < 4.78 is 5.23. The molecule has 1 N–H and O–H groups in total. The molecule has 3 rings (SSSR count). The minimum absolute atomic E-state index is 0.272. The smallest absolute Gasteiger partial charge is 0.341 e. The number of carbonyl (C=O) groups is 2. The summed E-state index contributed by atoms with van der Waals surface area (Å²) in [6.07, 6.45) is 2.79. The molecule has 1 aliphatic rings. The lowest BCUT2D eigenvalue weighted by Crippen LogP contribution is -2.17. The Morgan fingerprint density at radius 1 is 1.35 bits per heavy atom. The first kappa shape index (κ1) is 19.2. The Kier molecular flexibility index (Phi) is 5.90. The fourth-order valence-corrected chi connectivity index (χ4v) is 4.71. The first-order valence-corrected chi connectivity index (χ1v) is 10.1. The highest BCUT2D eigenvalue weighted by atomic mass is 35.5. The second kappa shape index (κ2) is 7.99. The molecule has 0 saturated carbocycles. The summed E-state index contributed by atoms with van der Waals surface area (Å²) in [4.78, 5) is 26.4. The molecule has 4 nitrogen and oxygen atoms in total. The minimum atomic E-state index is -0.397. The third-order valence-electron chi connectivity index (χ3n) is 4.39. The summed E-state index contributed by atoms with van der Waals surface area (Å²) in [6, 6.07) is 4.71. The summed E-state index contributed by atoms with van der Waals surface area (Å²) in [5, 5.41) is 4.09. The number of hydrogen-bond donors (Lipinski definition) is 1. The molecule has 0 fully saturated rings. The number of hydrogen-bond acceptors (Lipinski definition) is 4. The molecular weight excluding hydrogens is 393 g/mol. The van der Waals surface area contributed by atoms with Crippen molar-refractivity contribution in [2.24, 2.45) is 5.92 Å². The summed E-state index contributed by atoms with van der Waals surface area (Å²) >= 11 is 13.5. The molecule has 0 saturated heterocycles. The van der Waals surface area contributed by atoms with Gasteiger partial charge in [0.15, 0.2) is 0 Å². The second-order valence-electron chi connectivity index (χ2n) is 6.35. The Morgan fingerprint density at radius 3 is 2.85 bits per heavy atom. The van der Waals surface area contributed by atoms with E-state index >= 15 is 0 Å². The number of amides is 1. The highest BCUT2D eigenvalue weighted by molar-refractivity contribution is 7.17. The van der Waals surface area contributed by atoms with Crippen molar-refractivity contribution in [2.75, 3.05) is 11.9 Å². The molecule has 0 aliphatic heterocycles. The summed E-state index contributed by atoms with van der Waals surface area (Å²) in [6.45, 7) is 4.22. The maximum absolute atomic E-state index is 12.7. The molecule has 26 heavy (non-hydrogen) atoms. The van der Waals surface area contributed by atoms with Crippen LogP contribution in [0.25, 0.3) is 0 Å². The van der Waals surface area contributed by atoms with Gasteiger partial charge >= 0.3 is 5.97 Å². The van der Waals surface area contributed by atoms with Crippen LogP contribution in [-0.2, 0) is 17.6 Å². The molecule has 138 valence electrons. The lowest BCUT2D eigenvalue weighted by atomic mass is 9.88. The van der Waals surface area contributed by atoms with Gasteiger partial charge in [-0.25, -0.2) is 4.79 Å². The van der Waals surface area contributed by atoms with Crippen LogP contribution in [0.15, 0.2) is 18.2 Å². The van der Waals surface area contributed by atoms with Crippen LogP contribution in [0.2, 0.25) is 10.0 Å². The van der Waals surface area contributed by atoms with Gasteiger partial charge in [-0.2, -0.15) is 0 Å². The van der Waals surface area contributed by atoms with E-state index in [1.165, 1.54) is 17.4 Å². The van der Waals surface area contributed by atoms with Crippen molar-refractivity contribution in [2.45, 2.75) is 33.1 Å². The summed E-state index contributed by atoms with van der Waals surface area (Å²) in [5.41, 5.74) is 1.75. The third kappa shape index (κ3) is 3.90. The van der Waals surface area contributed by atoms with E-state index in [1.807, 2.05) is 0 Å². The lowest BCUT2D eigenvalue weighted by molar-refractivity contribution is 0.0526. The molecule has 1 aliphatic carbocycles. The quantitative estimate of drug-likeness (QED) is 0.665. The van der Waals surface area contributed by atoms with Crippen molar-refractivity contribution in [3.63, 3.8) is 0 Å². The van der Waals surface area contributed by atoms with Crippen LogP contribution in [0.5, 0.6) is 0 Å². The predicted octanol–water partition coefficient (Wildman–Crippen LogP) is 5.61. The van der Waals surface area contributed by atoms with E-state index in [9.17, 15) is 9.59 Å². The van der Waals surface area contributed by atoms with Crippen molar-refractivity contribution >= 4 is 51.4 Å². The lowest BCUT2D eigenvalue weighted by Gasteiger charge is -2.18. The average molecular weight is 412 g/mol. The van der Waals surface area contributed by atoms with Crippen LogP contribution in [0.3, 0.4) is 0 Å². The Bertz CT molecular complexity index is 863. The number of aryl methyl sites for hydroxylation is 1. The van der Waals surface area contributed by atoms with Crippen molar-refractivity contribution in [1.82, 2.24) is 0 Å². The predicted molar refractivity (Wildman–Crippen MR) is 106 cm³/mol. The van der Waals surface area contributed by atoms with Crippen molar-refractivity contribution in [3.8, 4) is 0 Å². The molecule has 1 aromatic carbocycles. The van der Waals surface area contributed by atoms with E-state index in [1.54, 1.807) is 19.1 Å². The molecule has 2 aromatic rings. The molecule has 0 radical (unpaired) electrons. The number of carbonyl (C=O) groups excluding carboxylic acids is 2. The number of fused-ring (bicyclic) bond motifs is 1. The summed E-state index contributed by atoms with van der Waals surface area (Å²) in [5.74, 6) is -0.294. The van der Waals surface area contributed by atoms with Crippen LogP contribution in [-0.4, -0.2) is 18.5 Å². The van der Waals surface area contributed by atoms with Crippen molar-refractivity contribution in [1.29, 1.82) is 0 Å². The van der Waals surface area contributed by atoms with Crippen LogP contribution in [0.1, 0.15) is 51.4 Å². The third-order valence-corrected chi connectivity index (χ3v) is 6.16. The van der Waals surface area contributed by atoms with Crippen molar-refractivity contribution in [3.05, 3.63) is 49.8 Å². The molecule has 1 amide bonds. The number of nitrogens with one attached hydrogen (secondary N) is 1. The van der Waals surface area contributed by atoms with Gasteiger partial charge in [0, 0.05) is 9.90 Å². The van der Waals surface area contributed by atoms with E-state index in [4.69, 9.17) is 27.9 Å². The van der Waals surface area contributed by atoms with Crippen LogP contribution in [0, 0.1) is 5.92 Å². The Morgan fingerprint density at radius 2 is 2.12 bits per heavy atom. The number of benzene rings is 1. The number of thiophene rings is 1. The highest BCUT2D eigenvalue weighted by Gasteiger charge is 2.29. The van der Waals surface area contributed by atoms with Gasteiger partial charge < -0.3 is 10.1 Å². The van der Waals surface area contributed by atoms with E-state index in [0.29, 0.717) is 26.5 Å². The van der Waals surface area contributed by atoms with Crippen LogP contribution < -0.4 is 5.32 Å². The number of ether oxygens (including phenoxy) is 1. The van der Waals surface area contributed by atoms with E-state index in [2.05, 4.69) is 12.2 Å². The highest BCUT2D eigenvalue weighted by Crippen LogP contribution is 2.40. The molecule has 1 heterocycles. The van der Waals surface area contributed by atoms with Gasteiger partial charge in [-0.1, -0.05) is 30.1 Å². The molecule has 0 bridgehead atoms. The topological polar surface area (TPSA) is 55.4 Å². The zero-order valence-electron chi connectivity index (χ0n) is 14.5. The van der Waals surface area contributed by atoms with E-state index in [0.717, 1.165) is 29.7 Å². The number of esters is 1. The van der Waals surface area contributed by atoms with Crippen LogP contribution >= 0.6 is 34.5 Å². The Balaban J connectivity index is 1.98. The Labute approximate surface area is 166 Å². The maximum Gasteiger partial charge on any atom is 0.341 e. The normalized spacial score (nSPS) is 16.1. The van der Waals surface area contributed by atoms with Gasteiger partial charge in [-0.05, 0) is 55.9 Å². The zero-order valence-corrected chi connectivity index (χ0v) is 16.9. The van der Waals surface area contributed by atoms with E-state index in [-0.39, 0.29) is 12.2 Å². The van der Waals surface area contributed by atoms with Gasteiger partial charge in [0.05, 0.1) is 22.8 Å². The minimum Gasteiger partial charge on any atom is -0.462 e. The molecule has 1 unspecified atom stereocenters. The zero-order chi connectivity index (χ0) is 18.8. The van der Waals surface area contributed by atoms with Crippen molar-refractivity contribution < 1.29 is 14.3 Å². The fraction of sp³-hybridized carbons (Fsp3) is 0.368. The number of anilines is 1. The van der Waals surface area contributed by atoms with Gasteiger partial charge in [0.25, 0.3) is 5.91 Å². The fourth-order valence-electron chi connectivity index (χ4n) is 3.11. The number of rotatable bonds is 4. The largest absolute Gasteiger partial charge is 0.462 e. The monoisotopic (exact) mass is 411 g/mol. The first-order chi connectivity index (χ1) is 12.4. The SMILES string of the molecule is CCOC(=O)c1c(NC(=O)c2cc(Cl)ccc2Cl)sc2c1CC(C)CC2. The molecule has 7 heteroatoms.